The lowest BCUT2D eigenvalue weighted by molar-refractivity contribution is 0.566. The van der Waals surface area contributed by atoms with Crippen molar-refractivity contribution in [2.45, 2.75) is 31.3 Å². The van der Waals surface area contributed by atoms with Crippen LogP contribution in [0.4, 0.5) is 0 Å². The number of hydrogen-bond acceptors (Lipinski definition) is 3. The highest BCUT2D eigenvalue weighted by Crippen LogP contribution is 2.20. The Morgan fingerprint density at radius 2 is 2.00 bits per heavy atom. The summed E-state index contributed by atoms with van der Waals surface area (Å²) in [7, 11) is -1.78. The zero-order valence-electron chi connectivity index (χ0n) is 12.5. The van der Waals surface area contributed by atoms with Crippen molar-refractivity contribution < 1.29 is 8.42 Å². The molecule has 0 saturated heterocycles. The minimum absolute atomic E-state index is 0.242. The van der Waals surface area contributed by atoms with E-state index >= 15 is 0 Å². The first kappa shape index (κ1) is 15.8. The van der Waals surface area contributed by atoms with Crippen molar-refractivity contribution in [3.63, 3.8) is 0 Å². The molecule has 0 aliphatic heterocycles. The smallest absolute Gasteiger partial charge is 0.242 e. The van der Waals surface area contributed by atoms with Gasteiger partial charge < -0.3 is 10.3 Å². The Hall–Kier alpha value is -1.63. The zero-order valence-corrected chi connectivity index (χ0v) is 13.3. The monoisotopic (exact) mass is 307 g/mol. The molecular formula is C15H21N3O2S. The number of nitrogens with two attached hydrogens (primary N) is 1. The molecule has 2 aromatic rings. The van der Waals surface area contributed by atoms with Gasteiger partial charge in [0.25, 0.3) is 0 Å². The summed E-state index contributed by atoms with van der Waals surface area (Å²) in [6, 6.07) is 9.05. The van der Waals surface area contributed by atoms with E-state index < -0.39 is 10.0 Å². The molecule has 1 heterocycles. The van der Waals surface area contributed by atoms with Crippen LogP contribution in [0.15, 0.2) is 41.4 Å². The molecule has 2 rings (SSSR count). The fraction of sp³-hybridized carbons (Fsp3) is 0.333. The van der Waals surface area contributed by atoms with Crippen molar-refractivity contribution in [3.8, 4) is 0 Å². The van der Waals surface area contributed by atoms with Gasteiger partial charge in [0, 0.05) is 31.5 Å². The third-order valence-corrected chi connectivity index (χ3v) is 5.10. The number of benzene rings is 1. The summed E-state index contributed by atoms with van der Waals surface area (Å²) < 4.78 is 29.3. The van der Waals surface area contributed by atoms with Crippen molar-refractivity contribution >= 4 is 10.0 Å². The molecule has 5 nitrogen and oxygen atoms in total. The maximum atomic E-state index is 12.4. The molecule has 114 valence electrons. The number of nitrogens with zero attached hydrogens (tertiary/aromatic N) is 1. The fourth-order valence-corrected chi connectivity index (χ4v) is 3.68. The lowest BCUT2D eigenvalue weighted by Gasteiger charge is -2.16. The number of rotatable bonds is 5. The molecule has 0 aliphatic carbocycles. The van der Waals surface area contributed by atoms with E-state index in [0.717, 1.165) is 16.8 Å². The van der Waals surface area contributed by atoms with E-state index in [1.807, 2.05) is 38.1 Å². The Balaban J connectivity index is 2.27. The number of aromatic nitrogens is 1. The van der Waals surface area contributed by atoms with Gasteiger partial charge in [-0.15, -0.1) is 0 Å². The Morgan fingerprint density at radius 1 is 1.33 bits per heavy atom. The van der Waals surface area contributed by atoms with Crippen LogP contribution in [0.2, 0.25) is 0 Å². The molecular weight excluding hydrogens is 286 g/mol. The van der Waals surface area contributed by atoms with E-state index in [0.29, 0.717) is 6.54 Å². The summed E-state index contributed by atoms with van der Waals surface area (Å²) in [5.74, 6) is 0. The summed E-state index contributed by atoms with van der Waals surface area (Å²) >= 11 is 0. The SMILES string of the molecule is Cc1ccccc1C(C)NS(=O)(=O)c1cc(CN)n(C)c1. The van der Waals surface area contributed by atoms with Gasteiger partial charge in [-0.25, -0.2) is 13.1 Å². The van der Waals surface area contributed by atoms with Gasteiger partial charge in [-0.05, 0) is 31.0 Å². The Kier molecular flexibility index (Phi) is 4.51. The quantitative estimate of drug-likeness (QED) is 0.884. The second-order valence-corrected chi connectivity index (χ2v) is 6.90. The van der Waals surface area contributed by atoms with Crippen LogP contribution in [0.3, 0.4) is 0 Å². The highest BCUT2D eigenvalue weighted by molar-refractivity contribution is 7.89. The number of hydrogen-bond donors (Lipinski definition) is 2. The second-order valence-electron chi connectivity index (χ2n) is 5.18. The van der Waals surface area contributed by atoms with E-state index in [1.54, 1.807) is 23.9 Å². The predicted molar refractivity (Wildman–Crippen MR) is 83.2 cm³/mol. The minimum atomic E-state index is -3.56. The maximum Gasteiger partial charge on any atom is 0.242 e. The van der Waals surface area contributed by atoms with Crippen LogP contribution in [0.25, 0.3) is 0 Å². The van der Waals surface area contributed by atoms with Gasteiger partial charge in [0.1, 0.15) is 0 Å². The normalized spacial score (nSPS) is 13.3. The predicted octanol–water partition coefficient (Wildman–Crippen LogP) is 1.83. The van der Waals surface area contributed by atoms with Crippen molar-refractivity contribution in [1.29, 1.82) is 0 Å². The van der Waals surface area contributed by atoms with Crippen molar-refractivity contribution in [2.24, 2.45) is 12.8 Å². The van der Waals surface area contributed by atoms with Gasteiger partial charge in [0.05, 0.1) is 4.90 Å². The molecule has 1 unspecified atom stereocenters. The molecule has 0 bridgehead atoms. The lowest BCUT2D eigenvalue weighted by atomic mass is 10.0. The van der Waals surface area contributed by atoms with Gasteiger partial charge >= 0.3 is 0 Å². The number of sulfonamides is 1. The van der Waals surface area contributed by atoms with E-state index in [4.69, 9.17) is 5.73 Å². The molecule has 0 aliphatic rings. The molecule has 21 heavy (non-hydrogen) atoms. The van der Waals surface area contributed by atoms with E-state index in [1.165, 1.54) is 0 Å². The third-order valence-electron chi connectivity index (χ3n) is 3.59. The van der Waals surface area contributed by atoms with Crippen LogP contribution in [0.1, 0.15) is 29.8 Å². The van der Waals surface area contributed by atoms with E-state index in [2.05, 4.69) is 4.72 Å². The maximum absolute atomic E-state index is 12.4. The molecule has 0 saturated carbocycles. The standard InChI is InChI=1S/C15H21N3O2S/c1-11-6-4-5-7-15(11)12(2)17-21(19,20)14-8-13(9-16)18(3)10-14/h4-8,10,12,17H,9,16H2,1-3H3. The molecule has 0 fully saturated rings. The van der Waals surface area contributed by atoms with Crippen LogP contribution in [-0.4, -0.2) is 13.0 Å². The van der Waals surface area contributed by atoms with Gasteiger partial charge in [-0.1, -0.05) is 24.3 Å². The van der Waals surface area contributed by atoms with Gasteiger partial charge in [-0.3, -0.25) is 0 Å². The summed E-state index contributed by atoms with van der Waals surface area (Å²) in [5.41, 5.74) is 8.39. The number of aryl methyl sites for hydroxylation is 2. The Morgan fingerprint density at radius 3 is 2.57 bits per heavy atom. The van der Waals surface area contributed by atoms with Crippen LogP contribution < -0.4 is 10.5 Å². The van der Waals surface area contributed by atoms with Crippen LogP contribution in [0, 0.1) is 6.92 Å². The average Bonchev–Trinajstić information content (AvgIpc) is 2.80. The van der Waals surface area contributed by atoms with Crippen molar-refractivity contribution in [2.75, 3.05) is 0 Å². The molecule has 3 N–H and O–H groups in total. The molecule has 0 amide bonds. The highest BCUT2D eigenvalue weighted by atomic mass is 32.2. The fourth-order valence-electron chi connectivity index (χ4n) is 2.36. The molecule has 1 atom stereocenters. The summed E-state index contributed by atoms with van der Waals surface area (Å²) in [6.07, 6.45) is 1.58. The molecule has 6 heteroatoms. The largest absolute Gasteiger partial charge is 0.352 e. The van der Waals surface area contributed by atoms with E-state index in [9.17, 15) is 8.42 Å². The Bertz CT molecular complexity index is 735. The summed E-state index contributed by atoms with van der Waals surface area (Å²) in [6.45, 7) is 4.11. The summed E-state index contributed by atoms with van der Waals surface area (Å²) in [5, 5.41) is 0. The summed E-state index contributed by atoms with van der Waals surface area (Å²) in [4.78, 5) is 0.242. The first-order chi connectivity index (χ1) is 9.85. The van der Waals surface area contributed by atoms with Gasteiger partial charge in [-0.2, -0.15) is 0 Å². The van der Waals surface area contributed by atoms with Crippen LogP contribution >= 0.6 is 0 Å². The molecule has 0 spiro atoms. The first-order valence-electron chi connectivity index (χ1n) is 6.78. The molecule has 0 radical (unpaired) electrons. The van der Waals surface area contributed by atoms with Crippen LogP contribution in [-0.2, 0) is 23.6 Å². The lowest BCUT2D eigenvalue weighted by Crippen LogP contribution is -2.27. The Labute approximate surface area is 125 Å². The third kappa shape index (κ3) is 3.34. The van der Waals surface area contributed by atoms with Gasteiger partial charge in [0.2, 0.25) is 10.0 Å². The minimum Gasteiger partial charge on any atom is -0.352 e. The van der Waals surface area contributed by atoms with E-state index in [-0.39, 0.29) is 10.9 Å². The molecule has 1 aromatic carbocycles. The topological polar surface area (TPSA) is 77.1 Å². The average molecular weight is 307 g/mol. The second kappa shape index (κ2) is 6.01. The number of nitrogens with one attached hydrogen (secondary N) is 1. The van der Waals surface area contributed by atoms with Gasteiger partial charge in [0.15, 0.2) is 0 Å². The molecule has 1 aromatic heterocycles. The zero-order chi connectivity index (χ0) is 15.6. The van der Waals surface area contributed by atoms with Crippen molar-refractivity contribution in [1.82, 2.24) is 9.29 Å². The van der Waals surface area contributed by atoms with Crippen molar-refractivity contribution in [3.05, 3.63) is 53.3 Å². The first-order valence-corrected chi connectivity index (χ1v) is 8.26. The van der Waals surface area contributed by atoms with Crippen LogP contribution in [0.5, 0.6) is 0 Å². The highest BCUT2D eigenvalue weighted by Gasteiger charge is 2.21.